The van der Waals surface area contributed by atoms with E-state index in [0.717, 1.165) is 26.3 Å². The maximum atomic E-state index is 12.1. The molecular weight excluding hydrogens is 294 g/mol. The smallest absolute Gasteiger partial charge is 0.260 e. The van der Waals surface area contributed by atoms with Crippen molar-refractivity contribution < 1.29 is 14.3 Å². The van der Waals surface area contributed by atoms with Crippen molar-refractivity contribution in [3.8, 4) is 11.8 Å². The molecule has 0 saturated carbocycles. The van der Waals surface area contributed by atoms with E-state index in [4.69, 9.17) is 14.7 Å². The highest BCUT2D eigenvalue weighted by Gasteiger charge is 2.19. The van der Waals surface area contributed by atoms with E-state index in [2.05, 4.69) is 17.1 Å². The lowest BCUT2D eigenvalue weighted by molar-refractivity contribution is -0.127. The molecule has 0 spiro atoms. The number of amides is 1. The number of carbonyl (C=O) groups excluding carboxylic acids is 1. The fourth-order valence-electron chi connectivity index (χ4n) is 2.41. The van der Waals surface area contributed by atoms with Crippen molar-refractivity contribution in [2.75, 3.05) is 32.8 Å². The summed E-state index contributed by atoms with van der Waals surface area (Å²) in [5.41, 5.74) is 0.564. The summed E-state index contributed by atoms with van der Waals surface area (Å²) in [4.78, 5) is 14.4. The molecule has 1 aromatic carbocycles. The van der Waals surface area contributed by atoms with Gasteiger partial charge in [-0.25, -0.2) is 0 Å². The van der Waals surface area contributed by atoms with Crippen LogP contribution in [-0.4, -0.2) is 55.8 Å². The molecule has 1 heterocycles. The van der Waals surface area contributed by atoms with Gasteiger partial charge in [-0.05, 0) is 38.1 Å². The molecule has 23 heavy (non-hydrogen) atoms. The normalized spacial score (nSPS) is 17.8. The highest BCUT2D eigenvalue weighted by molar-refractivity contribution is 5.80. The van der Waals surface area contributed by atoms with E-state index in [0.29, 0.717) is 17.9 Å². The Labute approximate surface area is 137 Å². The van der Waals surface area contributed by atoms with E-state index in [1.807, 2.05) is 6.07 Å². The lowest BCUT2D eigenvalue weighted by Gasteiger charge is -2.32. The lowest BCUT2D eigenvalue weighted by Crippen LogP contribution is -2.48. The molecule has 2 rings (SSSR count). The van der Waals surface area contributed by atoms with E-state index in [-0.39, 0.29) is 11.9 Å². The number of nitriles is 1. The van der Waals surface area contributed by atoms with Crippen molar-refractivity contribution in [3.05, 3.63) is 29.8 Å². The number of hydrogen-bond donors (Lipinski definition) is 1. The van der Waals surface area contributed by atoms with Crippen molar-refractivity contribution in [1.29, 1.82) is 5.26 Å². The van der Waals surface area contributed by atoms with Gasteiger partial charge < -0.3 is 14.8 Å². The number of carbonyl (C=O) groups is 1. The Balaban J connectivity index is 1.76. The predicted octanol–water partition coefficient (Wildman–Crippen LogP) is 1.16. The third-order valence-corrected chi connectivity index (χ3v) is 3.91. The number of nitrogens with one attached hydrogen (secondary N) is 1. The van der Waals surface area contributed by atoms with Crippen molar-refractivity contribution in [3.63, 3.8) is 0 Å². The first-order chi connectivity index (χ1) is 11.1. The maximum Gasteiger partial charge on any atom is 0.260 e. The van der Waals surface area contributed by atoms with E-state index in [1.54, 1.807) is 31.2 Å². The van der Waals surface area contributed by atoms with Gasteiger partial charge in [0.05, 0.1) is 24.8 Å². The van der Waals surface area contributed by atoms with Gasteiger partial charge in [0.1, 0.15) is 5.75 Å². The Morgan fingerprint density at radius 3 is 2.61 bits per heavy atom. The Bertz CT molecular complexity index is 547. The summed E-state index contributed by atoms with van der Waals surface area (Å²) < 4.78 is 10.9. The van der Waals surface area contributed by atoms with Gasteiger partial charge in [-0.2, -0.15) is 5.26 Å². The van der Waals surface area contributed by atoms with Crippen molar-refractivity contribution in [2.24, 2.45) is 0 Å². The van der Waals surface area contributed by atoms with Crippen molar-refractivity contribution in [1.82, 2.24) is 10.2 Å². The maximum absolute atomic E-state index is 12.1. The molecule has 1 aliphatic rings. The van der Waals surface area contributed by atoms with Gasteiger partial charge in [-0.15, -0.1) is 0 Å². The minimum Gasteiger partial charge on any atom is -0.481 e. The molecule has 0 radical (unpaired) electrons. The number of morpholine rings is 1. The van der Waals surface area contributed by atoms with Gasteiger partial charge >= 0.3 is 0 Å². The first-order valence-electron chi connectivity index (χ1n) is 7.86. The molecule has 1 fully saturated rings. The number of ether oxygens (including phenoxy) is 2. The minimum atomic E-state index is -0.583. The standard InChI is InChI=1S/C17H23N3O3/c1-13(20-7-9-22-10-8-20)12-19-17(21)14(2)23-16-5-3-15(11-18)4-6-16/h3-6,13-14H,7-10,12H2,1-2H3,(H,19,21). The summed E-state index contributed by atoms with van der Waals surface area (Å²) >= 11 is 0. The monoisotopic (exact) mass is 317 g/mol. The number of nitrogens with zero attached hydrogens (tertiary/aromatic N) is 2. The summed E-state index contributed by atoms with van der Waals surface area (Å²) in [6.07, 6.45) is -0.583. The highest BCUT2D eigenvalue weighted by atomic mass is 16.5. The van der Waals surface area contributed by atoms with Gasteiger partial charge in [-0.1, -0.05) is 0 Å². The molecular formula is C17H23N3O3. The summed E-state index contributed by atoms with van der Waals surface area (Å²) in [6, 6.07) is 9.03. The van der Waals surface area contributed by atoms with Gasteiger partial charge in [0.25, 0.3) is 5.91 Å². The third-order valence-electron chi connectivity index (χ3n) is 3.91. The molecule has 0 aliphatic carbocycles. The van der Waals surface area contributed by atoms with Crippen LogP contribution in [0, 0.1) is 11.3 Å². The fraction of sp³-hybridized carbons (Fsp3) is 0.529. The van der Waals surface area contributed by atoms with Crippen LogP contribution in [0.3, 0.4) is 0 Å². The molecule has 0 aromatic heterocycles. The molecule has 1 amide bonds. The molecule has 6 nitrogen and oxygen atoms in total. The van der Waals surface area contributed by atoms with Crippen LogP contribution in [0.2, 0.25) is 0 Å². The number of hydrogen-bond acceptors (Lipinski definition) is 5. The van der Waals surface area contributed by atoms with Crippen LogP contribution in [0.15, 0.2) is 24.3 Å². The summed E-state index contributed by atoms with van der Waals surface area (Å²) in [7, 11) is 0. The van der Waals surface area contributed by atoms with E-state index >= 15 is 0 Å². The second-order valence-corrected chi connectivity index (χ2v) is 5.64. The van der Waals surface area contributed by atoms with Gasteiger partial charge in [0, 0.05) is 25.7 Å². The Hall–Kier alpha value is -2.10. The molecule has 2 atom stereocenters. The quantitative estimate of drug-likeness (QED) is 0.852. The van der Waals surface area contributed by atoms with Crippen molar-refractivity contribution in [2.45, 2.75) is 26.0 Å². The molecule has 1 aliphatic heterocycles. The molecule has 1 aromatic rings. The van der Waals surface area contributed by atoms with Gasteiger partial charge in [0.2, 0.25) is 0 Å². The average molecular weight is 317 g/mol. The first-order valence-corrected chi connectivity index (χ1v) is 7.86. The van der Waals surface area contributed by atoms with Crippen LogP contribution in [0.25, 0.3) is 0 Å². The lowest BCUT2D eigenvalue weighted by atomic mass is 10.2. The summed E-state index contributed by atoms with van der Waals surface area (Å²) in [5, 5.41) is 11.7. The third kappa shape index (κ3) is 5.23. The SMILES string of the molecule is CC(Oc1ccc(C#N)cc1)C(=O)NCC(C)N1CCOCC1. The second kappa shape index (κ2) is 8.51. The number of benzene rings is 1. The van der Waals surface area contributed by atoms with Crippen molar-refractivity contribution >= 4 is 5.91 Å². The van der Waals surface area contributed by atoms with Crippen LogP contribution in [0.4, 0.5) is 0 Å². The van der Waals surface area contributed by atoms with E-state index < -0.39 is 6.10 Å². The van der Waals surface area contributed by atoms with Crippen LogP contribution in [0.1, 0.15) is 19.4 Å². The largest absolute Gasteiger partial charge is 0.481 e. The molecule has 1 saturated heterocycles. The van der Waals surface area contributed by atoms with Gasteiger partial charge in [0.15, 0.2) is 6.10 Å². The molecule has 1 N–H and O–H groups in total. The fourth-order valence-corrected chi connectivity index (χ4v) is 2.41. The van der Waals surface area contributed by atoms with Crippen LogP contribution < -0.4 is 10.1 Å². The van der Waals surface area contributed by atoms with E-state index in [9.17, 15) is 4.79 Å². The van der Waals surface area contributed by atoms with Crippen LogP contribution >= 0.6 is 0 Å². The predicted molar refractivity (Wildman–Crippen MR) is 86.1 cm³/mol. The Morgan fingerprint density at radius 2 is 2.00 bits per heavy atom. The zero-order valence-corrected chi connectivity index (χ0v) is 13.6. The summed E-state index contributed by atoms with van der Waals surface area (Å²) in [6.45, 7) is 7.68. The van der Waals surface area contributed by atoms with E-state index in [1.165, 1.54) is 0 Å². The molecule has 124 valence electrons. The zero-order chi connectivity index (χ0) is 16.7. The summed E-state index contributed by atoms with van der Waals surface area (Å²) in [5.74, 6) is 0.433. The zero-order valence-electron chi connectivity index (χ0n) is 13.6. The van der Waals surface area contributed by atoms with Crippen LogP contribution in [-0.2, 0) is 9.53 Å². The minimum absolute atomic E-state index is 0.144. The Morgan fingerprint density at radius 1 is 1.35 bits per heavy atom. The first kappa shape index (κ1) is 17.3. The highest BCUT2D eigenvalue weighted by Crippen LogP contribution is 2.13. The molecule has 0 bridgehead atoms. The van der Waals surface area contributed by atoms with Crippen LogP contribution in [0.5, 0.6) is 5.75 Å². The second-order valence-electron chi connectivity index (χ2n) is 5.64. The number of rotatable bonds is 6. The molecule has 6 heteroatoms. The van der Waals surface area contributed by atoms with Gasteiger partial charge in [-0.3, -0.25) is 9.69 Å². The average Bonchev–Trinajstić information content (AvgIpc) is 2.60. The Kier molecular flexibility index (Phi) is 6.39. The topological polar surface area (TPSA) is 74.6 Å². The molecule has 2 unspecified atom stereocenters.